The number of likely N-dealkylation sites (tertiary alicyclic amines) is 1. The maximum absolute atomic E-state index is 12.2. The number of aliphatic carboxylic acids is 1. The van der Waals surface area contributed by atoms with Gasteiger partial charge < -0.3 is 15.3 Å². The van der Waals surface area contributed by atoms with Crippen LogP contribution in [-0.2, 0) is 9.59 Å². The lowest BCUT2D eigenvalue weighted by Crippen LogP contribution is -2.42. The van der Waals surface area contributed by atoms with Gasteiger partial charge in [0.2, 0.25) is 5.91 Å². The van der Waals surface area contributed by atoms with Crippen LogP contribution in [0.15, 0.2) is 12.2 Å². The van der Waals surface area contributed by atoms with Crippen LogP contribution in [0.4, 0.5) is 0 Å². The molecule has 0 saturated carbocycles. The van der Waals surface area contributed by atoms with Crippen molar-refractivity contribution >= 4 is 11.9 Å². The Morgan fingerprint density at radius 3 is 2.29 bits per heavy atom. The minimum absolute atomic E-state index is 0.110. The molecular weight excluding hydrogens is 268 g/mol. The highest BCUT2D eigenvalue weighted by molar-refractivity contribution is 5.85. The largest absolute Gasteiger partial charge is 0.481 e. The van der Waals surface area contributed by atoms with Gasteiger partial charge in [-0.05, 0) is 38.8 Å². The number of carbonyl (C=O) groups is 2. The highest BCUT2D eigenvalue weighted by atomic mass is 16.4. The molecule has 1 saturated heterocycles. The SMILES string of the molecule is O=C(O)C1CC=CCC1C(=O)NCCN1CCCCCC1. The summed E-state index contributed by atoms with van der Waals surface area (Å²) >= 11 is 0. The molecule has 2 aliphatic rings. The van der Waals surface area contributed by atoms with Gasteiger partial charge >= 0.3 is 5.97 Å². The lowest BCUT2D eigenvalue weighted by atomic mass is 9.82. The fraction of sp³-hybridized carbons (Fsp3) is 0.750. The first-order chi connectivity index (χ1) is 10.2. The average molecular weight is 294 g/mol. The molecule has 2 rings (SSSR count). The molecule has 1 aliphatic heterocycles. The Balaban J connectivity index is 1.75. The Kier molecular flexibility index (Phi) is 6.23. The molecule has 1 heterocycles. The van der Waals surface area contributed by atoms with Crippen LogP contribution < -0.4 is 5.32 Å². The number of amides is 1. The fourth-order valence-electron chi connectivity index (χ4n) is 3.20. The molecule has 2 unspecified atom stereocenters. The molecule has 21 heavy (non-hydrogen) atoms. The van der Waals surface area contributed by atoms with Crippen molar-refractivity contribution in [1.29, 1.82) is 0 Å². The standard InChI is InChI=1S/C16H26N2O3/c19-15(13-7-3-4-8-14(13)16(20)21)17-9-12-18-10-5-1-2-6-11-18/h3-4,13-14H,1-2,5-12H2,(H,17,19)(H,20,21). The third-order valence-electron chi connectivity index (χ3n) is 4.51. The van der Waals surface area contributed by atoms with Crippen LogP contribution in [0.3, 0.4) is 0 Å². The molecule has 0 aromatic rings. The normalized spacial score (nSPS) is 27.0. The summed E-state index contributed by atoms with van der Waals surface area (Å²) in [4.78, 5) is 25.8. The zero-order valence-electron chi connectivity index (χ0n) is 12.6. The lowest BCUT2D eigenvalue weighted by molar-refractivity contribution is -0.147. The highest BCUT2D eigenvalue weighted by Gasteiger charge is 2.33. The highest BCUT2D eigenvalue weighted by Crippen LogP contribution is 2.25. The van der Waals surface area contributed by atoms with E-state index in [1.54, 1.807) is 0 Å². The first-order valence-electron chi connectivity index (χ1n) is 8.06. The van der Waals surface area contributed by atoms with Crippen LogP contribution in [0.5, 0.6) is 0 Å². The topological polar surface area (TPSA) is 69.6 Å². The molecule has 0 radical (unpaired) electrons. The van der Waals surface area contributed by atoms with E-state index in [4.69, 9.17) is 0 Å². The smallest absolute Gasteiger partial charge is 0.307 e. The molecular formula is C16H26N2O3. The van der Waals surface area contributed by atoms with E-state index in [2.05, 4.69) is 10.2 Å². The Labute approximate surface area is 126 Å². The molecule has 5 heteroatoms. The molecule has 5 nitrogen and oxygen atoms in total. The zero-order chi connectivity index (χ0) is 15.1. The van der Waals surface area contributed by atoms with Crippen LogP contribution in [0, 0.1) is 11.8 Å². The van der Waals surface area contributed by atoms with E-state index in [0.29, 0.717) is 19.4 Å². The molecule has 2 N–H and O–H groups in total. The molecule has 0 aromatic heterocycles. The average Bonchev–Trinajstić information content (AvgIpc) is 2.76. The third kappa shape index (κ3) is 4.84. The number of rotatable bonds is 5. The Bertz CT molecular complexity index is 387. The number of allylic oxidation sites excluding steroid dienone is 2. The first-order valence-corrected chi connectivity index (χ1v) is 8.06. The summed E-state index contributed by atoms with van der Waals surface area (Å²) in [5.74, 6) is -1.97. The second-order valence-electron chi connectivity index (χ2n) is 6.04. The monoisotopic (exact) mass is 294 g/mol. The molecule has 0 bridgehead atoms. The summed E-state index contributed by atoms with van der Waals surface area (Å²) in [5.41, 5.74) is 0. The van der Waals surface area contributed by atoms with Gasteiger partial charge in [0, 0.05) is 13.1 Å². The zero-order valence-corrected chi connectivity index (χ0v) is 12.6. The molecule has 1 aliphatic carbocycles. The Hall–Kier alpha value is -1.36. The minimum Gasteiger partial charge on any atom is -0.481 e. The van der Waals surface area contributed by atoms with Crippen LogP contribution in [-0.4, -0.2) is 48.1 Å². The van der Waals surface area contributed by atoms with Crippen molar-refractivity contribution in [3.63, 3.8) is 0 Å². The van der Waals surface area contributed by atoms with Gasteiger partial charge in [0.1, 0.15) is 0 Å². The van der Waals surface area contributed by atoms with E-state index in [1.807, 2.05) is 12.2 Å². The molecule has 118 valence electrons. The van der Waals surface area contributed by atoms with Crippen molar-refractivity contribution in [2.45, 2.75) is 38.5 Å². The van der Waals surface area contributed by atoms with E-state index >= 15 is 0 Å². The molecule has 2 atom stereocenters. The van der Waals surface area contributed by atoms with Crippen LogP contribution in [0.25, 0.3) is 0 Å². The van der Waals surface area contributed by atoms with Gasteiger partial charge in [-0.3, -0.25) is 9.59 Å². The quantitative estimate of drug-likeness (QED) is 0.756. The maximum atomic E-state index is 12.2. The van der Waals surface area contributed by atoms with E-state index in [9.17, 15) is 14.7 Å². The minimum atomic E-state index is -0.869. The summed E-state index contributed by atoms with van der Waals surface area (Å²) in [7, 11) is 0. The number of hydrogen-bond donors (Lipinski definition) is 2. The number of nitrogens with one attached hydrogen (secondary N) is 1. The molecule has 1 amide bonds. The number of carboxylic acid groups (broad SMARTS) is 1. The van der Waals surface area contributed by atoms with Crippen molar-refractivity contribution in [3.05, 3.63) is 12.2 Å². The number of hydrogen-bond acceptors (Lipinski definition) is 3. The predicted molar refractivity (Wildman–Crippen MR) is 80.9 cm³/mol. The van der Waals surface area contributed by atoms with E-state index < -0.39 is 17.8 Å². The summed E-state index contributed by atoms with van der Waals surface area (Å²) < 4.78 is 0. The second kappa shape index (κ2) is 8.17. The van der Waals surface area contributed by atoms with E-state index in [0.717, 1.165) is 19.6 Å². The van der Waals surface area contributed by atoms with Crippen molar-refractivity contribution in [2.24, 2.45) is 11.8 Å². The summed E-state index contributed by atoms with van der Waals surface area (Å²) in [6, 6.07) is 0. The summed E-state index contributed by atoms with van der Waals surface area (Å²) in [6.45, 7) is 3.71. The number of carbonyl (C=O) groups excluding carboxylic acids is 1. The van der Waals surface area contributed by atoms with Crippen molar-refractivity contribution in [3.8, 4) is 0 Å². The van der Waals surface area contributed by atoms with Crippen LogP contribution >= 0.6 is 0 Å². The first kappa shape index (κ1) is 16.0. The summed E-state index contributed by atoms with van der Waals surface area (Å²) in [5, 5.41) is 12.1. The van der Waals surface area contributed by atoms with Crippen LogP contribution in [0.1, 0.15) is 38.5 Å². The predicted octanol–water partition coefficient (Wildman–Crippen LogP) is 1.65. The Morgan fingerprint density at radius 2 is 1.67 bits per heavy atom. The number of nitrogens with zero attached hydrogens (tertiary/aromatic N) is 1. The lowest BCUT2D eigenvalue weighted by Gasteiger charge is -2.25. The number of carboxylic acids is 1. The van der Waals surface area contributed by atoms with Gasteiger partial charge in [-0.15, -0.1) is 0 Å². The maximum Gasteiger partial charge on any atom is 0.307 e. The fourth-order valence-corrected chi connectivity index (χ4v) is 3.20. The van der Waals surface area contributed by atoms with E-state index in [1.165, 1.54) is 25.7 Å². The van der Waals surface area contributed by atoms with Crippen LogP contribution in [0.2, 0.25) is 0 Å². The van der Waals surface area contributed by atoms with Gasteiger partial charge in [0.15, 0.2) is 0 Å². The van der Waals surface area contributed by atoms with Gasteiger partial charge in [-0.25, -0.2) is 0 Å². The third-order valence-corrected chi connectivity index (χ3v) is 4.51. The van der Waals surface area contributed by atoms with Crippen molar-refractivity contribution in [1.82, 2.24) is 10.2 Å². The van der Waals surface area contributed by atoms with E-state index in [-0.39, 0.29) is 5.91 Å². The second-order valence-corrected chi connectivity index (χ2v) is 6.04. The van der Waals surface area contributed by atoms with Gasteiger partial charge in [0.25, 0.3) is 0 Å². The molecule has 0 spiro atoms. The van der Waals surface area contributed by atoms with Gasteiger partial charge in [-0.2, -0.15) is 0 Å². The molecule has 0 aromatic carbocycles. The van der Waals surface area contributed by atoms with Gasteiger partial charge in [0.05, 0.1) is 11.8 Å². The summed E-state index contributed by atoms with van der Waals surface area (Å²) in [6.07, 6.45) is 9.85. The molecule has 1 fully saturated rings. The Morgan fingerprint density at radius 1 is 1.05 bits per heavy atom. The van der Waals surface area contributed by atoms with Gasteiger partial charge in [-0.1, -0.05) is 25.0 Å². The van der Waals surface area contributed by atoms with Crippen molar-refractivity contribution < 1.29 is 14.7 Å². The van der Waals surface area contributed by atoms with Crippen molar-refractivity contribution in [2.75, 3.05) is 26.2 Å².